The summed E-state index contributed by atoms with van der Waals surface area (Å²) in [7, 11) is 1.63. The number of nitrogens with zero attached hydrogens (tertiary/aromatic N) is 2. The van der Waals surface area contributed by atoms with E-state index in [0.29, 0.717) is 52.1 Å². The number of methoxy groups -OCH3 is 1. The minimum absolute atomic E-state index is 0.0945. The first-order valence-electron chi connectivity index (χ1n) is 11.1. The summed E-state index contributed by atoms with van der Waals surface area (Å²) in [5, 5.41) is 0. The van der Waals surface area contributed by atoms with Crippen molar-refractivity contribution in [1.29, 1.82) is 0 Å². The molecule has 32 heavy (non-hydrogen) atoms. The molecule has 0 aliphatic carbocycles. The van der Waals surface area contributed by atoms with Gasteiger partial charge in [0.15, 0.2) is 5.60 Å². The summed E-state index contributed by atoms with van der Waals surface area (Å²) in [5.41, 5.74) is 0.521. The van der Waals surface area contributed by atoms with E-state index in [-0.39, 0.29) is 12.0 Å². The molecule has 3 heterocycles. The SMILES string of the molecule is COc1ccc(C2(C(=O)N3CC[C@]4(C3)CN(c3ccccc3)C(=O)O4)CCOCC2)cc1. The molecule has 2 aromatic rings. The first-order valence-corrected chi connectivity index (χ1v) is 11.1. The van der Waals surface area contributed by atoms with E-state index in [0.717, 1.165) is 17.0 Å². The third-order valence-electron chi connectivity index (χ3n) is 7.04. The fourth-order valence-electron chi connectivity index (χ4n) is 5.22. The molecule has 3 aliphatic rings. The van der Waals surface area contributed by atoms with Crippen LogP contribution in [-0.2, 0) is 19.7 Å². The Balaban J connectivity index is 1.37. The zero-order valence-corrected chi connectivity index (χ0v) is 18.3. The first-order chi connectivity index (χ1) is 15.6. The van der Waals surface area contributed by atoms with Crippen LogP contribution in [0.5, 0.6) is 5.75 Å². The molecule has 2 amide bonds. The van der Waals surface area contributed by atoms with Gasteiger partial charge in [-0.05, 0) is 42.7 Å². The van der Waals surface area contributed by atoms with Gasteiger partial charge in [0.2, 0.25) is 5.91 Å². The second kappa shape index (κ2) is 8.13. The number of amides is 2. The smallest absolute Gasteiger partial charge is 0.415 e. The Morgan fingerprint density at radius 3 is 2.38 bits per heavy atom. The van der Waals surface area contributed by atoms with Crippen LogP contribution in [0.4, 0.5) is 10.5 Å². The highest BCUT2D eigenvalue weighted by Crippen LogP contribution is 2.41. The number of benzene rings is 2. The summed E-state index contributed by atoms with van der Waals surface area (Å²) in [6.07, 6.45) is 1.57. The molecule has 1 spiro atoms. The van der Waals surface area contributed by atoms with E-state index < -0.39 is 11.0 Å². The van der Waals surface area contributed by atoms with E-state index in [1.54, 1.807) is 12.0 Å². The van der Waals surface area contributed by atoms with Gasteiger partial charge in [-0.15, -0.1) is 0 Å². The summed E-state index contributed by atoms with van der Waals surface area (Å²) in [6.45, 7) is 2.55. The number of ether oxygens (including phenoxy) is 3. The van der Waals surface area contributed by atoms with E-state index in [1.807, 2.05) is 59.5 Å². The molecule has 0 unspecified atom stereocenters. The molecule has 3 saturated heterocycles. The highest BCUT2D eigenvalue weighted by Gasteiger charge is 2.54. The number of para-hydroxylation sites is 1. The Bertz CT molecular complexity index is 987. The van der Waals surface area contributed by atoms with Crippen LogP contribution in [0.15, 0.2) is 54.6 Å². The molecule has 0 N–H and O–H groups in total. The first kappa shape index (κ1) is 20.8. The molecule has 0 aromatic heterocycles. The molecule has 7 heteroatoms. The average molecular weight is 437 g/mol. The number of carbonyl (C=O) groups is 2. The van der Waals surface area contributed by atoms with Gasteiger partial charge in [-0.1, -0.05) is 30.3 Å². The van der Waals surface area contributed by atoms with Crippen LogP contribution < -0.4 is 9.64 Å². The van der Waals surface area contributed by atoms with E-state index >= 15 is 0 Å². The lowest BCUT2D eigenvalue weighted by molar-refractivity contribution is -0.141. The fourth-order valence-corrected chi connectivity index (χ4v) is 5.22. The highest BCUT2D eigenvalue weighted by molar-refractivity contribution is 5.91. The maximum Gasteiger partial charge on any atom is 0.415 e. The van der Waals surface area contributed by atoms with Crippen LogP contribution in [0.3, 0.4) is 0 Å². The number of likely N-dealkylation sites (tertiary alicyclic amines) is 1. The van der Waals surface area contributed by atoms with Gasteiger partial charge in [-0.3, -0.25) is 9.69 Å². The van der Waals surface area contributed by atoms with Gasteiger partial charge < -0.3 is 19.1 Å². The predicted octanol–water partition coefficient (Wildman–Crippen LogP) is 3.37. The Labute approximate surface area is 187 Å². The normalized spacial score (nSPS) is 24.6. The number of anilines is 1. The topological polar surface area (TPSA) is 68.3 Å². The third-order valence-corrected chi connectivity index (χ3v) is 7.04. The fraction of sp³-hybridized carbons (Fsp3) is 0.440. The minimum atomic E-state index is -0.658. The van der Waals surface area contributed by atoms with Crippen LogP contribution in [0.25, 0.3) is 0 Å². The zero-order valence-electron chi connectivity index (χ0n) is 18.3. The molecule has 7 nitrogen and oxygen atoms in total. The number of rotatable bonds is 4. The van der Waals surface area contributed by atoms with Gasteiger partial charge in [-0.2, -0.15) is 0 Å². The van der Waals surface area contributed by atoms with Crippen molar-refractivity contribution in [3.05, 3.63) is 60.2 Å². The Hall–Kier alpha value is -3.06. The van der Waals surface area contributed by atoms with Gasteiger partial charge in [0, 0.05) is 31.9 Å². The highest BCUT2D eigenvalue weighted by atomic mass is 16.6. The molecule has 0 radical (unpaired) electrons. The molecule has 0 saturated carbocycles. The van der Waals surface area contributed by atoms with E-state index in [1.165, 1.54) is 0 Å². The standard InChI is InChI=1S/C25H28N2O5/c1-30-21-9-7-19(8-10-21)25(12-15-31-16-13-25)22(28)26-14-11-24(17-26)18-27(23(29)32-24)20-5-3-2-4-6-20/h2-10H,11-18H2,1H3/t24-/m0/s1. The van der Waals surface area contributed by atoms with Crippen LogP contribution in [0.2, 0.25) is 0 Å². The van der Waals surface area contributed by atoms with Gasteiger partial charge in [0.25, 0.3) is 0 Å². The van der Waals surface area contributed by atoms with Gasteiger partial charge >= 0.3 is 6.09 Å². The maximum absolute atomic E-state index is 13.9. The third kappa shape index (κ3) is 3.50. The van der Waals surface area contributed by atoms with Crippen LogP contribution in [-0.4, -0.2) is 62.5 Å². The second-order valence-corrected chi connectivity index (χ2v) is 8.87. The summed E-state index contributed by atoms with van der Waals surface area (Å²) in [6, 6.07) is 17.3. The van der Waals surface area contributed by atoms with Crippen molar-refractivity contribution in [2.45, 2.75) is 30.3 Å². The number of hydrogen-bond acceptors (Lipinski definition) is 5. The number of hydrogen-bond donors (Lipinski definition) is 0. The summed E-state index contributed by atoms with van der Waals surface area (Å²) < 4.78 is 16.8. The lowest BCUT2D eigenvalue weighted by Crippen LogP contribution is -2.50. The average Bonchev–Trinajstić information content (AvgIpc) is 3.41. The lowest BCUT2D eigenvalue weighted by Gasteiger charge is -2.39. The Kier molecular flexibility index (Phi) is 5.29. The monoisotopic (exact) mass is 436 g/mol. The molecular weight excluding hydrogens is 408 g/mol. The van der Waals surface area contributed by atoms with Crippen molar-refractivity contribution in [1.82, 2.24) is 4.90 Å². The summed E-state index contributed by atoms with van der Waals surface area (Å²) in [5.74, 6) is 0.861. The van der Waals surface area contributed by atoms with Crippen molar-refractivity contribution in [2.75, 3.05) is 44.9 Å². The van der Waals surface area contributed by atoms with Gasteiger partial charge in [-0.25, -0.2) is 4.79 Å². The molecular formula is C25H28N2O5. The molecule has 2 aromatic carbocycles. The summed E-state index contributed by atoms with van der Waals surface area (Å²) >= 11 is 0. The van der Waals surface area contributed by atoms with Crippen molar-refractivity contribution in [2.24, 2.45) is 0 Å². The van der Waals surface area contributed by atoms with Gasteiger partial charge in [0.1, 0.15) is 5.75 Å². The van der Waals surface area contributed by atoms with Crippen molar-refractivity contribution < 1.29 is 23.8 Å². The second-order valence-electron chi connectivity index (χ2n) is 8.87. The van der Waals surface area contributed by atoms with Crippen molar-refractivity contribution >= 4 is 17.7 Å². The molecule has 1 atom stereocenters. The van der Waals surface area contributed by atoms with E-state index in [2.05, 4.69) is 0 Å². The lowest BCUT2D eigenvalue weighted by atomic mass is 9.73. The molecule has 3 fully saturated rings. The predicted molar refractivity (Wildman–Crippen MR) is 119 cm³/mol. The van der Waals surface area contributed by atoms with E-state index in [9.17, 15) is 9.59 Å². The summed E-state index contributed by atoms with van der Waals surface area (Å²) in [4.78, 5) is 30.1. The quantitative estimate of drug-likeness (QED) is 0.735. The Morgan fingerprint density at radius 2 is 1.69 bits per heavy atom. The minimum Gasteiger partial charge on any atom is -0.497 e. The molecule has 5 rings (SSSR count). The van der Waals surface area contributed by atoms with Crippen molar-refractivity contribution in [3.63, 3.8) is 0 Å². The number of carbonyl (C=O) groups excluding carboxylic acids is 2. The van der Waals surface area contributed by atoms with E-state index in [4.69, 9.17) is 14.2 Å². The van der Waals surface area contributed by atoms with Crippen LogP contribution >= 0.6 is 0 Å². The Morgan fingerprint density at radius 1 is 0.969 bits per heavy atom. The molecule has 3 aliphatic heterocycles. The maximum atomic E-state index is 13.9. The van der Waals surface area contributed by atoms with Crippen molar-refractivity contribution in [3.8, 4) is 5.75 Å². The zero-order chi connectivity index (χ0) is 22.2. The van der Waals surface area contributed by atoms with Crippen LogP contribution in [0, 0.1) is 0 Å². The van der Waals surface area contributed by atoms with Gasteiger partial charge in [0.05, 0.1) is 25.6 Å². The van der Waals surface area contributed by atoms with Crippen LogP contribution in [0.1, 0.15) is 24.8 Å². The molecule has 0 bridgehead atoms. The molecule has 168 valence electrons. The largest absolute Gasteiger partial charge is 0.497 e.